The van der Waals surface area contributed by atoms with Gasteiger partial charge in [0.15, 0.2) is 6.29 Å². The lowest BCUT2D eigenvalue weighted by Gasteiger charge is -1.92. The zero-order chi connectivity index (χ0) is 8.27. The van der Waals surface area contributed by atoms with Crippen molar-refractivity contribution < 1.29 is 9.21 Å². The Morgan fingerprint density at radius 1 is 1.64 bits per heavy atom. The quantitative estimate of drug-likeness (QED) is 0.622. The lowest BCUT2D eigenvalue weighted by molar-refractivity contribution is 0.112. The molecular formula is C9H12O2. The highest BCUT2D eigenvalue weighted by atomic mass is 16.3. The van der Waals surface area contributed by atoms with Crippen LogP contribution in [-0.4, -0.2) is 6.29 Å². The summed E-state index contributed by atoms with van der Waals surface area (Å²) in [7, 11) is 0. The van der Waals surface area contributed by atoms with Gasteiger partial charge in [0.1, 0.15) is 5.76 Å². The van der Waals surface area contributed by atoms with Gasteiger partial charge in [0.05, 0.1) is 11.8 Å². The molecule has 60 valence electrons. The van der Waals surface area contributed by atoms with Crippen LogP contribution in [0.4, 0.5) is 0 Å². The van der Waals surface area contributed by atoms with Gasteiger partial charge in [-0.1, -0.05) is 6.92 Å². The summed E-state index contributed by atoms with van der Waals surface area (Å²) >= 11 is 0. The third kappa shape index (κ3) is 1.50. The van der Waals surface area contributed by atoms with Gasteiger partial charge in [0.2, 0.25) is 0 Å². The SMILES string of the molecule is CCCc1occ(C)c1C=O. The number of hydrogen-bond donors (Lipinski definition) is 0. The molecule has 0 atom stereocenters. The van der Waals surface area contributed by atoms with Crippen LogP contribution in [-0.2, 0) is 6.42 Å². The van der Waals surface area contributed by atoms with Gasteiger partial charge in [0.25, 0.3) is 0 Å². The van der Waals surface area contributed by atoms with E-state index in [2.05, 4.69) is 6.92 Å². The van der Waals surface area contributed by atoms with E-state index < -0.39 is 0 Å². The molecule has 0 bridgehead atoms. The van der Waals surface area contributed by atoms with Crippen molar-refractivity contribution in [2.75, 3.05) is 0 Å². The molecule has 0 spiro atoms. The van der Waals surface area contributed by atoms with Gasteiger partial charge >= 0.3 is 0 Å². The molecule has 1 aromatic rings. The highest BCUT2D eigenvalue weighted by Crippen LogP contribution is 2.15. The molecule has 1 aromatic heterocycles. The van der Waals surface area contributed by atoms with Gasteiger partial charge in [-0.3, -0.25) is 4.79 Å². The number of carbonyl (C=O) groups excluding carboxylic acids is 1. The third-order valence-electron chi connectivity index (χ3n) is 1.70. The van der Waals surface area contributed by atoms with Gasteiger partial charge in [0, 0.05) is 6.42 Å². The smallest absolute Gasteiger partial charge is 0.153 e. The summed E-state index contributed by atoms with van der Waals surface area (Å²) in [5.41, 5.74) is 1.66. The molecule has 0 radical (unpaired) electrons. The van der Waals surface area contributed by atoms with Crippen LogP contribution in [0, 0.1) is 6.92 Å². The van der Waals surface area contributed by atoms with Crippen LogP contribution in [0.25, 0.3) is 0 Å². The maximum absolute atomic E-state index is 10.5. The van der Waals surface area contributed by atoms with Crippen molar-refractivity contribution in [2.45, 2.75) is 26.7 Å². The highest BCUT2D eigenvalue weighted by Gasteiger charge is 2.07. The zero-order valence-electron chi connectivity index (χ0n) is 6.89. The molecule has 0 aliphatic heterocycles. The summed E-state index contributed by atoms with van der Waals surface area (Å²) in [6.07, 6.45) is 4.36. The molecule has 0 fully saturated rings. The van der Waals surface area contributed by atoms with Crippen molar-refractivity contribution in [1.29, 1.82) is 0 Å². The Kier molecular flexibility index (Phi) is 2.47. The maximum Gasteiger partial charge on any atom is 0.153 e. The number of rotatable bonds is 3. The van der Waals surface area contributed by atoms with E-state index in [-0.39, 0.29) is 0 Å². The van der Waals surface area contributed by atoms with Gasteiger partial charge in [-0.05, 0) is 18.9 Å². The lowest BCUT2D eigenvalue weighted by Crippen LogP contribution is -1.87. The molecule has 0 aromatic carbocycles. The highest BCUT2D eigenvalue weighted by molar-refractivity contribution is 5.78. The van der Waals surface area contributed by atoms with Crippen LogP contribution in [0.2, 0.25) is 0 Å². The average Bonchev–Trinajstić information content (AvgIpc) is 2.33. The Labute approximate surface area is 66.2 Å². The largest absolute Gasteiger partial charge is 0.468 e. The first-order valence-electron chi connectivity index (χ1n) is 3.81. The zero-order valence-corrected chi connectivity index (χ0v) is 6.89. The maximum atomic E-state index is 10.5. The Hall–Kier alpha value is -1.05. The molecule has 0 aliphatic rings. The predicted octanol–water partition coefficient (Wildman–Crippen LogP) is 2.35. The summed E-state index contributed by atoms with van der Waals surface area (Å²) in [5, 5.41) is 0. The summed E-state index contributed by atoms with van der Waals surface area (Å²) in [5.74, 6) is 0.819. The Morgan fingerprint density at radius 3 is 2.91 bits per heavy atom. The van der Waals surface area contributed by atoms with E-state index >= 15 is 0 Å². The molecule has 0 aliphatic carbocycles. The van der Waals surface area contributed by atoms with Crippen molar-refractivity contribution in [3.05, 3.63) is 23.2 Å². The van der Waals surface area contributed by atoms with Crippen LogP contribution in [0.15, 0.2) is 10.7 Å². The molecule has 2 heteroatoms. The van der Waals surface area contributed by atoms with E-state index in [1.165, 1.54) is 0 Å². The van der Waals surface area contributed by atoms with Crippen LogP contribution in [0.3, 0.4) is 0 Å². The first-order valence-corrected chi connectivity index (χ1v) is 3.81. The molecule has 0 saturated carbocycles. The molecular weight excluding hydrogens is 140 g/mol. The standard InChI is InChI=1S/C9H12O2/c1-3-4-9-8(5-10)7(2)6-11-9/h5-6H,3-4H2,1-2H3. The van der Waals surface area contributed by atoms with Crippen molar-refractivity contribution in [1.82, 2.24) is 0 Å². The fourth-order valence-electron chi connectivity index (χ4n) is 1.09. The first-order chi connectivity index (χ1) is 5.29. The normalized spacial score (nSPS) is 10.0. The molecule has 0 N–H and O–H groups in total. The fraction of sp³-hybridized carbons (Fsp3) is 0.444. The molecule has 11 heavy (non-hydrogen) atoms. The van der Waals surface area contributed by atoms with E-state index in [4.69, 9.17) is 4.42 Å². The van der Waals surface area contributed by atoms with Crippen molar-refractivity contribution in [3.63, 3.8) is 0 Å². The number of furan rings is 1. The number of carbonyl (C=O) groups is 1. The lowest BCUT2D eigenvalue weighted by atomic mass is 10.1. The van der Waals surface area contributed by atoms with E-state index in [1.807, 2.05) is 6.92 Å². The number of hydrogen-bond acceptors (Lipinski definition) is 2. The molecule has 1 heterocycles. The average molecular weight is 152 g/mol. The summed E-state index contributed by atoms with van der Waals surface area (Å²) in [4.78, 5) is 10.5. The summed E-state index contributed by atoms with van der Waals surface area (Å²) < 4.78 is 5.20. The van der Waals surface area contributed by atoms with Crippen molar-refractivity contribution in [2.24, 2.45) is 0 Å². The molecule has 0 amide bonds. The predicted molar refractivity (Wildman–Crippen MR) is 42.8 cm³/mol. The van der Waals surface area contributed by atoms with Gasteiger partial charge < -0.3 is 4.42 Å². The van der Waals surface area contributed by atoms with Gasteiger partial charge in [-0.15, -0.1) is 0 Å². The van der Waals surface area contributed by atoms with E-state index in [1.54, 1.807) is 6.26 Å². The van der Waals surface area contributed by atoms with E-state index in [0.717, 1.165) is 36.0 Å². The third-order valence-corrected chi connectivity index (χ3v) is 1.70. The van der Waals surface area contributed by atoms with Crippen LogP contribution < -0.4 is 0 Å². The monoisotopic (exact) mass is 152 g/mol. The summed E-state index contributed by atoms with van der Waals surface area (Å²) in [6.45, 7) is 3.94. The van der Waals surface area contributed by atoms with Gasteiger partial charge in [-0.2, -0.15) is 0 Å². The number of aryl methyl sites for hydroxylation is 2. The minimum Gasteiger partial charge on any atom is -0.468 e. The molecule has 0 unspecified atom stereocenters. The van der Waals surface area contributed by atoms with E-state index in [0.29, 0.717) is 0 Å². The first kappa shape index (κ1) is 8.05. The van der Waals surface area contributed by atoms with Crippen LogP contribution in [0.1, 0.15) is 35.0 Å². The van der Waals surface area contributed by atoms with Crippen molar-refractivity contribution in [3.8, 4) is 0 Å². The minimum atomic E-state index is 0.729. The second kappa shape index (κ2) is 3.37. The Balaban J connectivity index is 2.95. The number of aldehydes is 1. The Morgan fingerprint density at radius 2 is 2.36 bits per heavy atom. The second-order valence-electron chi connectivity index (χ2n) is 2.62. The van der Waals surface area contributed by atoms with E-state index in [9.17, 15) is 4.79 Å². The fourth-order valence-corrected chi connectivity index (χ4v) is 1.09. The molecule has 0 saturated heterocycles. The Bertz CT molecular complexity index is 248. The molecule has 2 nitrogen and oxygen atoms in total. The minimum absolute atomic E-state index is 0.729. The van der Waals surface area contributed by atoms with Crippen LogP contribution in [0.5, 0.6) is 0 Å². The molecule has 1 rings (SSSR count). The summed E-state index contributed by atoms with van der Waals surface area (Å²) in [6, 6.07) is 0. The van der Waals surface area contributed by atoms with Crippen LogP contribution >= 0.6 is 0 Å². The van der Waals surface area contributed by atoms with Crippen molar-refractivity contribution >= 4 is 6.29 Å². The van der Waals surface area contributed by atoms with Gasteiger partial charge in [-0.25, -0.2) is 0 Å². The topological polar surface area (TPSA) is 30.2 Å². The second-order valence-corrected chi connectivity index (χ2v) is 2.62.